The van der Waals surface area contributed by atoms with Crippen LogP contribution in [0.3, 0.4) is 0 Å². The van der Waals surface area contributed by atoms with Gasteiger partial charge < -0.3 is 10.6 Å². The lowest BCUT2D eigenvalue weighted by Crippen LogP contribution is -2.41. The van der Waals surface area contributed by atoms with Gasteiger partial charge in [-0.3, -0.25) is 19.0 Å². The normalized spacial score (nSPS) is 11.1. The first kappa shape index (κ1) is 26.6. The summed E-state index contributed by atoms with van der Waals surface area (Å²) in [7, 11) is 0. The lowest BCUT2D eigenvalue weighted by atomic mass is 10.1. The Labute approximate surface area is 220 Å². The number of aryl methyl sites for hydroxylation is 1. The second-order valence-electron chi connectivity index (χ2n) is 9.83. The van der Waals surface area contributed by atoms with Crippen LogP contribution in [0.2, 0.25) is 0 Å². The fourth-order valence-corrected chi connectivity index (χ4v) is 4.14. The Morgan fingerprint density at radius 2 is 1.47 bits per heavy atom. The van der Waals surface area contributed by atoms with Crippen LogP contribution in [0.5, 0.6) is 0 Å². The van der Waals surface area contributed by atoms with Gasteiger partial charge in [-0.25, -0.2) is 9.36 Å². The number of carbonyl (C=O) groups excluding carboxylic acids is 2. The molecule has 0 aliphatic carbocycles. The van der Waals surface area contributed by atoms with Crippen LogP contribution in [0.4, 0.5) is 0 Å². The third-order valence-corrected chi connectivity index (χ3v) is 6.23. The summed E-state index contributed by atoms with van der Waals surface area (Å²) in [5, 5.41) is 6.06. The summed E-state index contributed by atoms with van der Waals surface area (Å²) in [6.45, 7) is 6.74. The largest absolute Gasteiger partial charge is 0.356 e. The first-order valence-corrected chi connectivity index (χ1v) is 12.7. The Balaban J connectivity index is 1.61. The summed E-state index contributed by atoms with van der Waals surface area (Å²) >= 11 is 0. The van der Waals surface area contributed by atoms with Crippen LogP contribution in [0.1, 0.15) is 30.5 Å². The maximum Gasteiger partial charge on any atom is 0.336 e. The highest BCUT2D eigenvalue weighted by molar-refractivity contribution is 5.82. The first-order valence-electron chi connectivity index (χ1n) is 12.7. The van der Waals surface area contributed by atoms with E-state index in [1.165, 1.54) is 4.57 Å². The molecule has 38 heavy (non-hydrogen) atoms. The third-order valence-electron chi connectivity index (χ3n) is 6.23. The summed E-state index contributed by atoms with van der Waals surface area (Å²) in [6, 6.07) is 21.3. The highest BCUT2D eigenvalue weighted by atomic mass is 16.2. The molecular formula is C30H32N4O4. The summed E-state index contributed by atoms with van der Waals surface area (Å²) in [5.74, 6) is -0.0768. The highest BCUT2D eigenvalue weighted by Crippen LogP contribution is 2.12. The number of hydrogen-bond donors (Lipinski definition) is 2. The van der Waals surface area contributed by atoms with Crippen molar-refractivity contribution in [2.75, 3.05) is 6.54 Å². The third kappa shape index (κ3) is 6.26. The fraction of sp³-hybridized carbons (Fsp3) is 0.267. The summed E-state index contributed by atoms with van der Waals surface area (Å²) in [6.07, 6.45) is 0.199. The van der Waals surface area contributed by atoms with Gasteiger partial charge in [0.15, 0.2) is 0 Å². The van der Waals surface area contributed by atoms with E-state index in [0.717, 1.165) is 21.3 Å². The summed E-state index contributed by atoms with van der Waals surface area (Å²) in [5.41, 5.74) is 2.52. The van der Waals surface area contributed by atoms with Crippen LogP contribution in [-0.2, 0) is 29.1 Å². The van der Waals surface area contributed by atoms with Gasteiger partial charge in [0.25, 0.3) is 5.56 Å². The molecule has 0 spiro atoms. The molecule has 0 aliphatic rings. The number of hydrogen-bond acceptors (Lipinski definition) is 4. The number of nitrogens with zero attached hydrogens (tertiary/aromatic N) is 2. The Morgan fingerprint density at radius 3 is 2.16 bits per heavy atom. The molecule has 0 saturated carbocycles. The molecule has 8 heteroatoms. The zero-order valence-corrected chi connectivity index (χ0v) is 21.9. The first-order chi connectivity index (χ1) is 18.2. The number of aromatic nitrogens is 2. The SMILES string of the molecule is Cc1ccc(CNC(=O)Cn2c(=O)n(-c3ccc(CC(=O)NCC(C)C)cc3)c(=O)c3ccccc32)cc1. The molecule has 4 aromatic rings. The van der Waals surface area contributed by atoms with E-state index in [9.17, 15) is 19.2 Å². The van der Waals surface area contributed by atoms with Crippen molar-refractivity contribution in [2.24, 2.45) is 5.92 Å². The minimum atomic E-state index is -0.610. The van der Waals surface area contributed by atoms with E-state index in [-0.39, 0.29) is 24.8 Å². The molecule has 0 atom stereocenters. The number of benzene rings is 3. The number of fused-ring (bicyclic) bond motifs is 1. The van der Waals surface area contributed by atoms with Crippen molar-refractivity contribution < 1.29 is 9.59 Å². The topological polar surface area (TPSA) is 102 Å². The highest BCUT2D eigenvalue weighted by Gasteiger charge is 2.17. The molecule has 8 nitrogen and oxygen atoms in total. The van der Waals surface area contributed by atoms with Gasteiger partial charge in [-0.15, -0.1) is 0 Å². The molecule has 0 bridgehead atoms. The second-order valence-corrected chi connectivity index (χ2v) is 9.83. The molecule has 2 amide bonds. The Hall–Kier alpha value is -4.46. The predicted octanol–water partition coefficient (Wildman–Crippen LogP) is 3.09. The smallest absolute Gasteiger partial charge is 0.336 e. The standard InChI is InChI=1S/C30H32N4O4/c1-20(2)17-31-27(35)16-22-12-14-24(15-13-22)34-29(37)25-6-4-5-7-26(25)33(30(34)38)19-28(36)32-18-23-10-8-21(3)9-11-23/h4-15,20H,16-19H2,1-3H3,(H,31,35)(H,32,36). The second kappa shape index (κ2) is 11.7. The number of rotatable bonds is 9. The van der Waals surface area contributed by atoms with Crippen LogP contribution in [-0.4, -0.2) is 27.5 Å². The van der Waals surface area contributed by atoms with Crippen molar-refractivity contribution in [3.8, 4) is 5.69 Å². The maximum atomic E-state index is 13.5. The van der Waals surface area contributed by atoms with Gasteiger partial charge in [-0.2, -0.15) is 0 Å². The van der Waals surface area contributed by atoms with Crippen LogP contribution >= 0.6 is 0 Å². The van der Waals surface area contributed by atoms with Crippen molar-refractivity contribution >= 4 is 22.7 Å². The summed E-state index contributed by atoms with van der Waals surface area (Å²) < 4.78 is 2.38. The zero-order valence-electron chi connectivity index (χ0n) is 21.9. The molecule has 0 fully saturated rings. The Morgan fingerprint density at radius 1 is 0.816 bits per heavy atom. The van der Waals surface area contributed by atoms with E-state index >= 15 is 0 Å². The van der Waals surface area contributed by atoms with E-state index in [2.05, 4.69) is 10.6 Å². The van der Waals surface area contributed by atoms with Crippen LogP contribution in [0.25, 0.3) is 16.6 Å². The molecule has 0 unspecified atom stereocenters. The van der Waals surface area contributed by atoms with E-state index in [1.807, 2.05) is 45.0 Å². The van der Waals surface area contributed by atoms with Gasteiger partial charge in [-0.1, -0.05) is 67.9 Å². The Bertz CT molecular complexity index is 1570. The number of carbonyl (C=O) groups is 2. The maximum absolute atomic E-state index is 13.5. The van der Waals surface area contributed by atoms with Crippen LogP contribution in [0.15, 0.2) is 82.4 Å². The van der Waals surface area contributed by atoms with E-state index < -0.39 is 11.2 Å². The molecule has 3 aromatic carbocycles. The average Bonchev–Trinajstić information content (AvgIpc) is 2.90. The minimum absolute atomic E-state index is 0.0895. The number of para-hydroxylation sites is 1. The number of amides is 2. The summed E-state index contributed by atoms with van der Waals surface area (Å²) in [4.78, 5) is 51.9. The zero-order chi connectivity index (χ0) is 27.2. The lowest BCUT2D eigenvalue weighted by Gasteiger charge is -2.15. The molecule has 0 saturated heterocycles. The van der Waals surface area contributed by atoms with E-state index in [4.69, 9.17) is 0 Å². The monoisotopic (exact) mass is 512 g/mol. The van der Waals surface area contributed by atoms with Gasteiger partial charge in [-0.05, 0) is 48.2 Å². The van der Waals surface area contributed by atoms with Gasteiger partial charge in [0.2, 0.25) is 11.8 Å². The Kier molecular flexibility index (Phi) is 8.21. The van der Waals surface area contributed by atoms with Crippen molar-refractivity contribution in [3.05, 3.63) is 110 Å². The van der Waals surface area contributed by atoms with Gasteiger partial charge in [0.05, 0.1) is 23.0 Å². The van der Waals surface area contributed by atoms with Gasteiger partial charge >= 0.3 is 5.69 Å². The van der Waals surface area contributed by atoms with E-state index in [0.29, 0.717) is 35.6 Å². The molecular weight excluding hydrogens is 480 g/mol. The predicted molar refractivity (Wildman–Crippen MR) is 148 cm³/mol. The minimum Gasteiger partial charge on any atom is -0.356 e. The molecule has 1 heterocycles. The van der Waals surface area contributed by atoms with Crippen LogP contribution < -0.4 is 21.9 Å². The molecule has 0 radical (unpaired) electrons. The van der Waals surface area contributed by atoms with Gasteiger partial charge in [0, 0.05) is 13.1 Å². The van der Waals surface area contributed by atoms with Crippen molar-refractivity contribution in [2.45, 2.75) is 40.3 Å². The van der Waals surface area contributed by atoms with Crippen molar-refractivity contribution in [3.63, 3.8) is 0 Å². The molecule has 4 rings (SSSR count). The number of nitrogens with one attached hydrogen (secondary N) is 2. The van der Waals surface area contributed by atoms with Gasteiger partial charge in [0.1, 0.15) is 6.54 Å². The van der Waals surface area contributed by atoms with Crippen LogP contribution in [0, 0.1) is 12.8 Å². The van der Waals surface area contributed by atoms with E-state index in [1.54, 1.807) is 48.5 Å². The lowest BCUT2D eigenvalue weighted by molar-refractivity contribution is -0.122. The fourth-order valence-electron chi connectivity index (χ4n) is 4.14. The van der Waals surface area contributed by atoms with Crippen molar-refractivity contribution in [1.82, 2.24) is 19.8 Å². The average molecular weight is 513 g/mol. The molecule has 1 aromatic heterocycles. The molecule has 2 N–H and O–H groups in total. The molecule has 196 valence electrons. The molecule has 0 aliphatic heterocycles. The van der Waals surface area contributed by atoms with Crippen molar-refractivity contribution in [1.29, 1.82) is 0 Å². The quantitative estimate of drug-likeness (QED) is 0.360.